The smallest absolute Gasteiger partial charge is 0.337 e. The monoisotopic (exact) mass is 414 g/mol. The van der Waals surface area contributed by atoms with Crippen LogP contribution < -0.4 is 16.0 Å². The molecule has 2 aliphatic heterocycles. The lowest BCUT2D eigenvalue weighted by molar-refractivity contribution is -0.139. The zero-order chi connectivity index (χ0) is 21.5. The second-order valence-electron chi connectivity index (χ2n) is 7.56. The van der Waals surface area contributed by atoms with Gasteiger partial charge < -0.3 is 20.7 Å². The van der Waals surface area contributed by atoms with E-state index in [-0.39, 0.29) is 30.6 Å². The van der Waals surface area contributed by atoms with Gasteiger partial charge in [-0.15, -0.1) is 0 Å². The van der Waals surface area contributed by atoms with E-state index in [2.05, 4.69) is 20.9 Å². The first kappa shape index (κ1) is 21.8. The Balaban J connectivity index is 1.61. The highest BCUT2D eigenvalue weighted by Crippen LogP contribution is 2.20. The van der Waals surface area contributed by atoms with E-state index >= 15 is 0 Å². The van der Waals surface area contributed by atoms with Crippen LogP contribution in [0.25, 0.3) is 0 Å². The lowest BCUT2D eigenvalue weighted by atomic mass is 9.98. The van der Waals surface area contributed by atoms with E-state index in [9.17, 15) is 14.4 Å². The summed E-state index contributed by atoms with van der Waals surface area (Å²) >= 11 is 0. The highest BCUT2D eigenvalue weighted by molar-refractivity contribution is 5.95. The molecule has 30 heavy (non-hydrogen) atoms. The Morgan fingerprint density at radius 3 is 2.50 bits per heavy atom. The Kier molecular flexibility index (Phi) is 7.46. The number of rotatable bonds is 7. The van der Waals surface area contributed by atoms with Gasteiger partial charge in [0.15, 0.2) is 0 Å². The number of hydrogen-bond donors (Lipinski definition) is 3. The molecule has 3 N–H and O–H groups in total. The number of ether oxygens (including phenoxy) is 1. The van der Waals surface area contributed by atoms with Gasteiger partial charge in [0.25, 0.3) is 5.91 Å². The molecule has 8 nitrogen and oxygen atoms in total. The fourth-order valence-electron chi connectivity index (χ4n) is 3.90. The molecule has 0 aromatic heterocycles. The molecule has 1 atom stereocenters. The van der Waals surface area contributed by atoms with Crippen LogP contribution in [0.15, 0.2) is 41.6 Å². The first-order chi connectivity index (χ1) is 14.5. The molecule has 1 fully saturated rings. The maximum Gasteiger partial charge on any atom is 0.337 e. The molecule has 3 rings (SSSR count). The predicted octanol–water partition coefficient (Wildman–Crippen LogP) is 1.79. The molecule has 1 aromatic carbocycles. The lowest BCUT2D eigenvalue weighted by Gasteiger charge is -2.35. The molecule has 0 aliphatic carbocycles. The normalized spacial score (nSPS) is 20.3. The van der Waals surface area contributed by atoms with Crippen molar-refractivity contribution in [2.45, 2.75) is 45.2 Å². The maximum absolute atomic E-state index is 12.5. The second kappa shape index (κ2) is 10.2. The quantitative estimate of drug-likeness (QED) is 0.591. The summed E-state index contributed by atoms with van der Waals surface area (Å²) in [5.41, 5.74) is 1.77. The fraction of sp³-hybridized carbons (Fsp3) is 0.500. The molecule has 8 heteroatoms. The number of nitrogens with one attached hydrogen (secondary N) is 3. The molecule has 0 unspecified atom stereocenters. The Morgan fingerprint density at radius 2 is 1.87 bits per heavy atom. The minimum atomic E-state index is -0.392. The summed E-state index contributed by atoms with van der Waals surface area (Å²) in [5.74, 6) is -0.449. The van der Waals surface area contributed by atoms with Crippen LogP contribution in [0.1, 0.15) is 43.5 Å². The molecule has 1 saturated heterocycles. The van der Waals surface area contributed by atoms with Gasteiger partial charge in [-0.2, -0.15) is 0 Å². The average molecular weight is 415 g/mol. The molecular formula is C22H30N4O4. The maximum atomic E-state index is 12.5. The molecule has 0 saturated carbocycles. The summed E-state index contributed by atoms with van der Waals surface area (Å²) in [6, 6.07) is 8.66. The van der Waals surface area contributed by atoms with E-state index in [0.29, 0.717) is 29.8 Å². The molecule has 3 amide bonds. The minimum Gasteiger partial charge on any atom is -0.463 e. The summed E-state index contributed by atoms with van der Waals surface area (Å²) < 4.78 is 5.22. The van der Waals surface area contributed by atoms with Gasteiger partial charge in [0, 0.05) is 36.9 Å². The molecule has 2 heterocycles. The van der Waals surface area contributed by atoms with Crippen molar-refractivity contribution in [1.29, 1.82) is 0 Å². The SMILES string of the molecule is CCOC(=O)C1=C(CN2CCC(NC(=O)c3ccccc3)CC2)NC(=O)N[C@H]1CC. The Bertz CT molecular complexity index is 801. The van der Waals surface area contributed by atoms with E-state index in [4.69, 9.17) is 4.74 Å². The third-order valence-corrected chi connectivity index (χ3v) is 5.49. The van der Waals surface area contributed by atoms with Crippen molar-refractivity contribution >= 4 is 17.9 Å². The van der Waals surface area contributed by atoms with E-state index in [1.54, 1.807) is 19.1 Å². The topological polar surface area (TPSA) is 99.8 Å². The Morgan fingerprint density at radius 1 is 1.17 bits per heavy atom. The van der Waals surface area contributed by atoms with Crippen LogP contribution in [0.4, 0.5) is 4.79 Å². The fourth-order valence-corrected chi connectivity index (χ4v) is 3.90. The zero-order valence-electron chi connectivity index (χ0n) is 17.6. The number of carbonyl (C=O) groups is 3. The molecule has 162 valence electrons. The van der Waals surface area contributed by atoms with E-state index in [1.165, 1.54) is 0 Å². The number of esters is 1. The molecule has 1 aromatic rings. The molecule has 2 aliphatic rings. The third-order valence-electron chi connectivity index (χ3n) is 5.49. The van der Waals surface area contributed by atoms with Gasteiger partial charge in [-0.1, -0.05) is 25.1 Å². The van der Waals surface area contributed by atoms with Crippen LogP contribution in [-0.4, -0.2) is 61.1 Å². The zero-order valence-corrected chi connectivity index (χ0v) is 17.6. The Hall–Kier alpha value is -2.87. The summed E-state index contributed by atoms with van der Waals surface area (Å²) in [7, 11) is 0. The third kappa shape index (κ3) is 5.38. The predicted molar refractivity (Wildman–Crippen MR) is 113 cm³/mol. The van der Waals surface area contributed by atoms with Gasteiger partial charge in [-0.05, 0) is 38.3 Å². The van der Waals surface area contributed by atoms with Gasteiger partial charge in [0.2, 0.25) is 0 Å². The van der Waals surface area contributed by atoms with Gasteiger partial charge in [0.1, 0.15) is 0 Å². The van der Waals surface area contributed by atoms with Crippen LogP contribution in [0.5, 0.6) is 0 Å². The van der Waals surface area contributed by atoms with Crippen LogP contribution in [-0.2, 0) is 9.53 Å². The van der Waals surface area contributed by atoms with Crippen molar-refractivity contribution < 1.29 is 19.1 Å². The summed E-state index contributed by atoms with van der Waals surface area (Å²) in [5, 5.41) is 8.69. The minimum absolute atomic E-state index is 0.0576. The van der Waals surface area contributed by atoms with Gasteiger partial charge in [-0.3, -0.25) is 9.69 Å². The number of hydrogen-bond acceptors (Lipinski definition) is 5. The van der Waals surface area contributed by atoms with Crippen molar-refractivity contribution in [3.8, 4) is 0 Å². The number of urea groups is 1. The van der Waals surface area contributed by atoms with E-state index in [0.717, 1.165) is 25.9 Å². The van der Waals surface area contributed by atoms with E-state index in [1.807, 2.05) is 25.1 Å². The van der Waals surface area contributed by atoms with Crippen molar-refractivity contribution in [3.63, 3.8) is 0 Å². The van der Waals surface area contributed by atoms with Crippen molar-refractivity contribution in [2.75, 3.05) is 26.2 Å². The van der Waals surface area contributed by atoms with Crippen LogP contribution in [0, 0.1) is 0 Å². The molecule has 0 spiro atoms. The summed E-state index contributed by atoms with van der Waals surface area (Å²) in [6.07, 6.45) is 2.23. The largest absolute Gasteiger partial charge is 0.463 e. The van der Waals surface area contributed by atoms with Crippen LogP contribution in [0.3, 0.4) is 0 Å². The first-order valence-corrected chi connectivity index (χ1v) is 10.6. The van der Waals surface area contributed by atoms with Crippen LogP contribution >= 0.6 is 0 Å². The number of piperidine rings is 1. The van der Waals surface area contributed by atoms with E-state index < -0.39 is 5.97 Å². The van der Waals surface area contributed by atoms with Crippen molar-refractivity contribution in [3.05, 3.63) is 47.2 Å². The molecule has 0 bridgehead atoms. The van der Waals surface area contributed by atoms with Crippen LogP contribution in [0.2, 0.25) is 0 Å². The van der Waals surface area contributed by atoms with Gasteiger partial charge in [-0.25, -0.2) is 9.59 Å². The van der Waals surface area contributed by atoms with Crippen molar-refractivity contribution in [2.24, 2.45) is 0 Å². The first-order valence-electron chi connectivity index (χ1n) is 10.6. The number of carbonyl (C=O) groups excluding carboxylic acids is 3. The standard InChI is InChI=1S/C22H30N4O4/c1-3-17-19(21(28)30-4-2)18(25-22(29)24-17)14-26-12-10-16(11-13-26)23-20(27)15-8-6-5-7-9-15/h5-9,16-17H,3-4,10-14H2,1-2H3,(H,23,27)(H2,24,25,29)/t17-/m0/s1. The van der Waals surface area contributed by atoms with Crippen molar-refractivity contribution in [1.82, 2.24) is 20.9 Å². The number of likely N-dealkylation sites (tertiary alicyclic amines) is 1. The molecule has 0 radical (unpaired) electrons. The number of nitrogens with zero attached hydrogens (tertiary/aromatic N) is 1. The molecular weight excluding hydrogens is 384 g/mol. The number of amides is 3. The second-order valence-corrected chi connectivity index (χ2v) is 7.56. The summed E-state index contributed by atoms with van der Waals surface area (Å²) in [6.45, 7) is 5.97. The van der Waals surface area contributed by atoms with Gasteiger partial charge >= 0.3 is 12.0 Å². The lowest BCUT2D eigenvalue weighted by Crippen LogP contribution is -2.53. The Labute approximate surface area is 177 Å². The highest BCUT2D eigenvalue weighted by Gasteiger charge is 2.33. The average Bonchev–Trinajstić information content (AvgIpc) is 2.75. The highest BCUT2D eigenvalue weighted by atomic mass is 16.5. The van der Waals surface area contributed by atoms with Gasteiger partial charge in [0.05, 0.1) is 18.2 Å². The number of benzene rings is 1. The summed E-state index contributed by atoms with van der Waals surface area (Å²) in [4.78, 5) is 39.1.